The molecule has 0 aliphatic carbocycles. The minimum Gasteiger partial charge on any atom is -0.417 e. The third kappa shape index (κ3) is 2.89. The standard InChI is InChI=1S/C18H16ClN5O/c1-10-4-6-15-13(8-10)5-7-16(20-15)18-22-21-17(25-18)12(3)24-9-14(19)11(2)23-24/h4-9,12H,1-3H3. The second kappa shape index (κ2) is 5.97. The van der Waals surface area contributed by atoms with Crippen LogP contribution in [-0.2, 0) is 0 Å². The monoisotopic (exact) mass is 353 g/mol. The third-order valence-electron chi connectivity index (χ3n) is 4.12. The lowest BCUT2D eigenvalue weighted by molar-refractivity contribution is 0.415. The molecule has 4 aromatic rings. The van der Waals surface area contributed by atoms with Crippen LogP contribution in [0.1, 0.15) is 30.1 Å². The van der Waals surface area contributed by atoms with Crippen LogP contribution in [0.15, 0.2) is 40.9 Å². The largest absolute Gasteiger partial charge is 0.417 e. The van der Waals surface area contributed by atoms with Gasteiger partial charge in [0.1, 0.15) is 11.7 Å². The molecule has 1 unspecified atom stereocenters. The summed E-state index contributed by atoms with van der Waals surface area (Å²) < 4.78 is 7.53. The Morgan fingerprint density at radius 3 is 2.72 bits per heavy atom. The fraction of sp³-hybridized carbons (Fsp3) is 0.222. The van der Waals surface area contributed by atoms with Crippen LogP contribution in [0.2, 0.25) is 5.02 Å². The average molecular weight is 354 g/mol. The summed E-state index contributed by atoms with van der Waals surface area (Å²) in [6, 6.07) is 9.80. The highest BCUT2D eigenvalue weighted by Crippen LogP contribution is 2.25. The van der Waals surface area contributed by atoms with Crippen LogP contribution in [0.3, 0.4) is 0 Å². The molecular formula is C18H16ClN5O. The van der Waals surface area contributed by atoms with E-state index < -0.39 is 0 Å². The summed E-state index contributed by atoms with van der Waals surface area (Å²) in [6.45, 7) is 5.84. The minimum absolute atomic E-state index is 0.212. The van der Waals surface area contributed by atoms with E-state index in [-0.39, 0.29) is 6.04 Å². The normalized spacial score (nSPS) is 12.6. The van der Waals surface area contributed by atoms with E-state index in [9.17, 15) is 0 Å². The van der Waals surface area contributed by atoms with E-state index in [1.54, 1.807) is 10.9 Å². The lowest BCUT2D eigenvalue weighted by Gasteiger charge is -2.06. The number of hydrogen-bond donors (Lipinski definition) is 0. The molecule has 0 bridgehead atoms. The van der Waals surface area contributed by atoms with Crippen molar-refractivity contribution in [3.05, 3.63) is 58.7 Å². The Labute approximate surface area is 149 Å². The summed E-state index contributed by atoms with van der Waals surface area (Å²) in [5.74, 6) is 0.847. The number of aryl methyl sites for hydroxylation is 2. The van der Waals surface area contributed by atoms with Gasteiger partial charge in [-0.25, -0.2) is 4.98 Å². The van der Waals surface area contributed by atoms with Gasteiger partial charge in [0.2, 0.25) is 5.89 Å². The molecule has 0 saturated heterocycles. The van der Waals surface area contributed by atoms with Gasteiger partial charge in [0.25, 0.3) is 5.89 Å². The third-order valence-corrected chi connectivity index (χ3v) is 4.49. The van der Waals surface area contributed by atoms with Crippen LogP contribution in [0, 0.1) is 13.8 Å². The molecule has 0 radical (unpaired) electrons. The summed E-state index contributed by atoms with van der Waals surface area (Å²) in [5, 5.41) is 14.3. The molecule has 0 N–H and O–H groups in total. The van der Waals surface area contributed by atoms with Crippen LogP contribution in [0.5, 0.6) is 0 Å². The van der Waals surface area contributed by atoms with E-state index in [1.807, 2.05) is 38.1 Å². The Bertz CT molecular complexity index is 1050. The molecule has 0 aliphatic rings. The van der Waals surface area contributed by atoms with Crippen molar-refractivity contribution in [1.82, 2.24) is 25.0 Å². The van der Waals surface area contributed by atoms with Crippen molar-refractivity contribution in [1.29, 1.82) is 0 Å². The van der Waals surface area contributed by atoms with Crippen molar-refractivity contribution in [2.24, 2.45) is 0 Å². The summed E-state index contributed by atoms with van der Waals surface area (Å²) in [4.78, 5) is 4.61. The lowest BCUT2D eigenvalue weighted by atomic mass is 10.1. The predicted molar refractivity (Wildman–Crippen MR) is 95.6 cm³/mol. The Morgan fingerprint density at radius 1 is 1.12 bits per heavy atom. The molecule has 3 aromatic heterocycles. The van der Waals surface area contributed by atoms with Gasteiger partial charge in [-0.1, -0.05) is 29.3 Å². The number of fused-ring (bicyclic) bond motifs is 1. The molecule has 7 heteroatoms. The van der Waals surface area contributed by atoms with Crippen LogP contribution >= 0.6 is 11.6 Å². The van der Waals surface area contributed by atoms with Crippen LogP contribution < -0.4 is 0 Å². The molecule has 0 spiro atoms. The zero-order valence-electron chi connectivity index (χ0n) is 14.1. The number of benzene rings is 1. The minimum atomic E-state index is -0.212. The summed E-state index contributed by atoms with van der Waals surface area (Å²) in [5.41, 5.74) is 3.51. The first-order valence-corrected chi connectivity index (χ1v) is 8.31. The molecule has 0 amide bonds. The maximum absolute atomic E-state index is 6.07. The molecule has 0 saturated carbocycles. The van der Waals surface area contributed by atoms with Crippen LogP contribution in [0.25, 0.3) is 22.5 Å². The highest BCUT2D eigenvalue weighted by molar-refractivity contribution is 6.31. The van der Waals surface area contributed by atoms with Gasteiger partial charge in [-0.05, 0) is 39.0 Å². The molecule has 4 rings (SSSR count). The number of pyridine rings is 1. The first kappa shape index (κ1) is 15.8. The highest BCUT2D eigenvalue weighted by Gasteiger charge is 2.19. The van der Waals surface area contributed by atoms with E-state index >= 15 is 0 Å². The molecule has 25 heavy (non-hydrogen) atoms. The Balaban J connectivity index is 1.67. The number of hydrogen-bond acceptors (Lipinski definition) is 5. The summed E-state index contributed by atoms with van der Waals surface area (Å²) in [7, 11) is 0. The molecule has 3 heterocycles. The topological polar surface area (TPSA) is 69.6 Å². The molecular weight excluding hydrogens is 338 g/mol. The fourth-order valence-electron chi connectivity index (χ4n) is 2.64. The van der Waals surface area contributed by atoms with Gasteiger partial charge in [0.15, 0.2) is 0 Å². The highest BCUT2D eigenvalue weighted by atomic mass is 35.5. The zero-order chi connectivity index (χ0) is 17.6. The number of rotatable bonds is 3. The Morgan fingerprint density at radius 2 is 1.96 bits per heavy atom. The molecule has 6 nitrogen and oxygen atoms in total. The van der Waals surface area contributed by atoms with Crippen molar-refractivity contribution >= 4 is 22.5 Å². The van der Waals surface area contributed by atoms with Crippen molar-refractivity contribution in [2.45, 2.75) is 26.8 Å². The van der Waals surface area contributed by atoms with E-state index in [2.05, 4.69) is 33.3 Å². The van der Waals surface area contributed by atoms with Crippen molar-refractivity contribution in [3.63, 3.8) is 0 Å². The molecule has 0 aliphatic heterocycles. The van der Waals surface area contributed by atoms with Crippen molar-refractivity contribution < 1.29 is 4.42 Å². The maximum Gasteiger partial charge on any atom is 0.266 e. The molecule has 0 fully saturated rings. The Hall–Kier alpha value is -2.73. The van der Waals surface area contributed by atoms with E-state index in [0.717, 1.165) is 16.6 Å². The van der Waals surface area contributed by atoms with Gasteiger partial charge in [-0.3, -0.25) is 4.68 Å². The molecule has 1 aromatic carbocycles. The number of nitrogens with zero attached hydrogens (tertiary/aromatic N) is 5. The van der Waals surface area contributed by atoms with E-state index in [0.29, 0.717) is 22.5 Å². The number of halogens is 1. The first-order valence-electron chi connectivity index (χ1n) is 7.94. The summed E-state index contributed by atoms with van der Waals surface area (Å²) in [6.07, 6.45) is 1.75. The quantitative estimate of drug-likeness (QED) is 0.547. The van der Waals surface area contributed by atoms with Gasteiger partial charge < -0.3 is 4.42 Å². The van der Waals surface area contributed by atoms with Gasteiger partial charge in [0, 0.05) is 11.6 Å². The van der Waals surface area contributed by atoms with Crippen LogP contribution in [0.4, 0.5) is 0 Å². The number of aromatic nitrogens is 5. The molecule has 126 valence electrons. The average Bonchev–Trinajstić information content (AvgIpc) is 3.21. The lowest BCUT2D eigenvalue weighted by Crippen LogP contribution is -2.07. The van der Waals surface area contributed by atoms with Crippen molar-refractivity contribution in [3.8, 4) is 11.6 Å². The van der Waals surface area contributed by atoms with Crippen LogP contribution in [-0.4, -0.2) is 25.0 Å². The second-order valence-corrected chi connectivity index (χ2v) is 6.46. The van der Waals surface area contributed by atoms with Gasteiger partial charge >= 0.3 is 0 Å². The van der Waals surface area contributed by atoms with Crippen molar-refractivity contribution in [2.75, 3.05) is 0 Å². The van der Waals surface area contributed by atoms with E-state index in [4.69, 9.17) is 16.0 Å². The smallest absolute Gasteiger partial charge is 0.266 e. The summed E-state index contributed by atoms with van der Waals surface area (Å²) >= 11 is 6.07. The van der Waals surface area contributed by atoms with Gasteiger partial charge in [-0.15, -0.1) is 10.2 Å². The fourth-order valence-corrected chi connectivity index (χ4v) is 2.78. The predicted octanol–water partition coefficient (Wildman–Crippen LogP) is 4.36. The zero-order valence-corrected chi connectivity index (χ0v) is 14.8. The first-order chi connectivity index (χ1) is 12.0. The second-order valence-electron chi connectivity index (χ2n) is 6.06. The Kier molecular flexibility index (Phi) is 3.77. The van der Waals surface area contributed by atoms with E-state index in [1.165, 1.54) is 5.56 Å². The van der Waals surface area contributed by atoms with Gasteiger partial charge in [-0.2, -0.15) is 5.10 Å². The molecule has 1 atom stereocenters. The maximum atomic E-state index is 6.07. The van der Waals surface area contributed by atoms with Gasteiger partial charge in [0.05, 0.1) is 16.2 Å². The SMILES string of the molecule is Cc1ccc2nc(-c3nnc(C(C)n4cc(Cl)c(C)n4)o3)ccc2c1.